The number of rotatable bonds is 2. The summed E-state index contributed by atoms with van der Waals surface area (Å²) in [7, 11) is 0. The molecule has 6 heteroatoms. The van der Waals surface area contributed by atoms with Crippen LogP contribution in [0.2, 0.25) is 0 Å². The van der Waals surface area contributed by atoms with Crippen LogP contribution in [0.15, 0.2) is 59.6 Å². The first-order chi connectivity index (χ1) is 15.2. The number of carbonyl (C=O) groups is 1. The number of fused-ring (bicyclic) bond motifs is 1. The molecule has 2 aromatic carbocycles. The lowest BCUT2D eigenvalue weighted by Gasteiger charge is -2.45. The van der Waals surface area contributed by atoms with Crippen molar-refractivity contribution in [3.05, 3.63) is 71.3 Å². The molecule has 3 heterocycles. The summed E-state index contributed by atoms with van der Waals surface area (Å²) in [6, 6.07) is 21.1. The number of benzene rings is 2. The highest BCUT2D eigenvalue weighted by molar-refractivity contribution is 6.02. The maximum atomic E-state index is 12.9. The molecule has 0 aliphatic carbocycles. The van der Waals surface area contributed by atoms with Crippen molar-refractivity contribution in [1.29, 1.82) is 5.26 Å². The molecule has 3 aliphatic rings. The summed E-state index contributed by atoms with van der Waals surface area (Å²) in [6.07, 6.45) is 2.38. The molecule has 1 N–H and O–H groups in total. The van der Waals surface area contributed by atoms with E-state index in [-0.39, 0.29) is 5.91 Å². The molecule has 0 radical (unpaired) electrons. The first-order valence-corrected chi connectivity index (χ1v) is 11.1. The van der Waals surface area contributed by atoms with Crippen LogP contribution < -0.4 is 5.32 Å². The van der Waals surface area contributed by atoms with Gasteiger partial charge in [-0.15, -0.1) is 0 Å². The summed E-state index contributed by atoms with van der Waals surface area (Å²) in [5, 5.41) is 12.7. The minimum Gasteiger partial charge on any atom is -0.338 e. The van der Waals surface area contributed by atoms with Crippen LogP contribution in [-0.4, -0.2) is 46.8 Å². The summed E-state index contributed by atoms with van der Waals surface area (Å²) in [4.78, 5) is 22.5. The van der Waals surface area contributed by atoms with Gasteiger partial charge in [0.1, 0.15) is 0 Å². The Hall–Kier alpha value is -3.17. The highest BCUT2D eigenvalue weighted by Crippen LogP contribution is 2.37. The van der Waals surface area contributed by atoms with Crippen LogP contribution in [0.1, 0.15) is 29.5 Å². The normalized spacial score (nSPS) is 22.9. The zero-order valence-electron chi connectivity index (χ0n) is 17.6. The molecular weight excluding hydrogens is 386 g/mol. The SMILES string of the molecule is N#C[C@H]1C(=O)NC(N2CCc3ccccc3C2)=NC12CCN(Cc1ccccc1)CC2. The van der Waals surface area contributed by atoms with Crippen LogP contribution in [0, 0.1) is 17.2 Å². The lowest BCUT2D eigenvalue weighted by atomic mass is 9.76. The minimum atomic E-state index is -0.729. The third-order valence-corrected chi connectivity index (χ3v) is 6.89. The molecule has 0 unspecified atom stereocenters. The smallest absolute Gasteiger partial charge is 0.246 e. The van der Waals surface area contributed by atoms with Gasteiger partial charge in [-0.1, -0.05) is 54.6 Å². The summed E-state index contributed by atoms with van der Waals surface area (Å²) in [5.41, 5.74) is 3.30. The average Bonchev–Trinajstić information content (AvgIpc) is 2.81. The monoisotopic (exact) mass is 413 g/mol. The number of likely N-dealkylation sites (tertiary alicyclic amines) is 1. The van der Waals surface area contributed by atoms with Crippen molar-refractivity contribution in [1.82, 2.24) is 15.1 Å². The van der Waals surface area contributed by atoms with Crippen LogP contribution in [-0.2, 0) is 24.3 Å². The number of nitrogens with one attached hydrogen (secondary N) is 1. The standard InChI is InChI=1S/C25H27N5O/c26-16-22-23(31)27-24(30-13-10-20-8-4-5-9-21(20)18-30)28-25(22)11-14-29(15-12-25)17-19-6-2-1-3-7-19/h1-9,22H,10-15,17-18H2,(H,27,28,31)/t22-/m0/s1. The molecule has 1 saturated heterocycles. The lowest BCUT2D eigenvalue weighted by molar-refractivity contribution is -0.125. The average molecular weight is 414 g/mol. The van der Waals surface area contributed by atoms with Gasteiger partial charge in [0.2, 0.25) is 11.9 Å². The molecule has 2 aromatic rings. The number of nitrogens with zero attached hydrogens (tertiary/aromatic N) is 4. The third-order valence-electron chi connectivity index (χ3n) is 6.89. The molecule has 158 valence electrons. The fraction of sp³-hybridized carbons (Fsp3) is 0.400. The van der Waals surface area contributed by atoms with Crippen molar-refractivity contribution >= 4 is 11.9 Å². The van der Waals surface area contributed by atoms with E-state index >= 15 is 0 Å². The highest BCUT2D eigenvalue weighted by atomic mass is 16.2. The van der Waals surface area contributed by atoms with Crippen LogP contribution >= 0.6 is 0 Å². The van der Waals surface area contributed by atoms with Gasteiger partial charge in [-0.3, -0.25) is 15.0 Å². The van der Waals surface area contributed by atoms with E-state index in [4.69, 9.17) is 4.99 Å². The zero-order valence-corrected chi connectivity index (χ0v) is 17.6. The Labute approximate surface area is 183 Å². The molecule has 5 rings (SSSR count). The van der Waals surface area contributed by atoms with Gasteiger partial charge in [0.15, 0.2) is 5.92 Å². The number of amides is 1. The molecule has 0 aromatic heterocycles. The number of carbonyl (C=O) groups excluding carboxylic acids is 1. The Morgan fingerprint density at radius 3 is 2.48 bits per heavy atom. The van der Waals surface area contributed by atoms with Gasteiger partial charge in [-0.2, -0.15) is 5.26 Å². The minimum absolute atomic E-state index is 0.206. The molecular formula is C25H27N5O. The third kappa shape index (κ3) is 3.82. The van der Waals surface area contributed by atoms with Gasteiger partial charge in [0, 0.05) is 32.7 Å². The second-order valence-electron chi connectivity index (χ2n) is 8.79. The van der Waals surface area contributed by atoms with Crippen LogP contribution in [0.25, 0.3) is 0 Å². The first-order valence-electron chi connectivity index (χ1n) is 11.1. The van der Waals surface area contributed by atoms with E-state index in [1.807, 2.05) is 6.07 Å². The second kappa shape index (κ2) is 8.16. The van der Waals surface area contributed by atoms with Crippen LogP contribution in [0.3, 0.4) is 0 Å². The molecule has 1 fully saturated rings. The number of guanidine groups is 1. The Kier molecular flexibility index (Phi) is 5.21. The molecule has 1 spiro atoms. The van der Waals surface area contributed by atoms with Crippen LogP contribution in [0.4, 0.5) is 0 Å². The molecule has 0 saturated carbocycles. The van der Waals surface area contributed by atoms with Gasteiger partial charge in [-0.25, -0.2) is 4.99 Å². The van der Waals surface area contributed by atoms with E-state index in [0.717, 1.165) is 52.0 Å². The maximum absolute atomic E-state index is 12.9. The van der Waals surface area contributed by atoms with Crippen molar-refractivity contribution < 1.29 is 4.79 Å². The van der Waals surface area contributed by atoms with Gasteiger partial charge in [-0.05, 0) is 36.0 Å². The summed E-state index contributed by atoms with van der Waals surface area (Å²) in [6.45, 7) is 4.12. The Balaban J connectivity index is 1.36. The van der Waals surface area contributed by atoms with E-state index in [2.05, 4.69) is 69.7 Å². The highest BCUT2D eigenvalue weighted by Gasteiger charge is 2.49. The number of aliphatic imine (C=N–C) groups is 1. The van der Waals surface area contributed by atoms with Crippen molar-refractivity contribution in [3.8, 4) is 6.07 Å². The van der Waals surface area contributed by atoms with E-state index in [9.17, 15) is 10.1 Å². The number of hydrogen-bond acceptors (Lipinski definition) is 5. The molecule has 31 heavy (non-hydrogen) atoms. The Morgan fingerprint density at radius 1 is 1.03 bits per heavy atom. The predicted molar refractivity (Wildman–Crippen MR) is 119 cm³/mol. The number of piperidine rings is 1. The second-order valence-corrected chi connectivity index (χ2v) is 8.79. The molecule has 1 amide bonds. The van der Waals surface area contributed by atoms with Crippen molar-refractivity contribution in [2.45, 2.75) is 37.9 Å². The van der Waals surface area contributed by atoms with Gasteiger partial charge in [0.25, 0.3) is 0 Å². The largest absolute Gasteiger partial charge is 0.338 e. The molecule has 1 atom stereocenters. The topological polar surface area (TPSA) is 71.7 Å². The summed E-state index contributed by atoms with van der Waals surface area (Å²) < 4.78 is 0. The quantitative estimate of drug-likeness (QED) is 0.822. The van der Waals surface area contributed by atoms with E-state index in [0.29, 0.717) is 5.96 Å². The van der Waals surface area contributed by atoms with E-state index in [1.165, 1.54) is 16.7 Å². The van der Waals surface area contributed by atoms with E-state index < -0.39 is 11.5 Å². The molecule has 3 aliphatic heterocycles. The van der Waals surface area contributed by atoms with Gasteiger partial charge >= 0.3 is 0 Å². The van der Waals surface area contributed by atoms with E-state index in [1.54, 1.807) is 0 Å². The van der Waals surface area contributed by atoms with Crippen molar-refractivity contribution in [2.75, 3.05) is 19.6 Å². The Bertz CT molecular complexity index is 1030. The van der Waals surface area contributed by atoms with Gasteiger partial charge in [0.05, 0.1) is 11.6 Å². The Morgan fingerprint density at radius 2 is 1.74 bits per heavy atom. The van der Waals surface area contributed by atoms with Crippen molar-refractivity contribution in [3.63, 3.8) is 0 Å². The van der Waals surface area contributed by atoms with Gasteiger partial charge < -0.3 is 4.90 Å². The summed E-state index contributed by atoms with van der Waals surface area (Å²) >= 11 is 0. The first kappa shape index (κ1) is 19.8. The predicted octanol–water partition coefficient (Wildman–Crippen LogP) is 2.71. The fourth-order valence-electron chi connectivity index (χ4n) is 5.08. The lowest BCUT2D eigenvalue weighted by Crippen LogP contribution is -2.60. The number of hydrogen-bond donors (Lipinski definition) is 1. The van der Waals surface area contributed by atoms with Crippen molar-refractivity contribution in [2.24, 2.45) is 10.9 Å². The zero-order chi connectivity index (χ0) is 21.3. The van der Waals surface area contributed by atoms with Crippen LogP contribution in [0.5, 0.6) is 0 Å². The summed E-state index contributed by atoms with van der Waals surface area (Å²) in [5.74, 6) is -0.294. The molecule has 6 nitrogen and oxygen atoms in total. The fourth-order valence-corrected chi connectivity index (χ4v) is 5.08. The maximum Gasteiger partial charge on any atom is 0.246 e. The number of nitriles is 1. The molecule has 0 bridgehead atoms.